The first-order valence-corrected chi connectivity index (χ1v) is 10.1. The molecule has 0 bridgehead atoms. The number of hydrogen-bond acceptors (Lipinski definition) is 3. The molecule has 0 aliphatic carbocycles. The van der Waals surface area contributed by atoms with Crippen LogP contribution in [0.25, 0.3) is 0 Å². The van der Waals surface area contributed by atoms with E-state index in [9.17, 15) is 9.90 Å². The Morgan fingerprint density at radius 3 is 2.08 bits per heavy atom. The van der Waals surface area contributed by atoms with Crippen LogP contribution < -0.4 is 10.6 Å². The number of carbonyl (C=O) groups is 1. The first-order valence-electron chi connectivity index (χ1n) is 10.1. The molecule has 0 aromatic heterocycles. The third kappa shape index (κ3) is 7.67. The van der Waals surface area contributed by atoms with Gasteiger partial charge in [0.15, 0.2) is 0 Å². The molecule has 4 nitrogen and oxygen atoms in total. The van der Waals surface area contributed by atoms with Crippen LogP contribution >= 0.6 is 0 Å². The maximum atomic E-state index is 11.2. The van der Waals surface area contributed by atoms with Crippen molar-refractivity contribution in [3.63, 3.8) is 0 Å². The Morgan fingerprint density at radius 2 is 1.54 bits per heavy atom. The molecular weight excluding hydrogens is 324 g/mol. The van der Waals surface area contributed by atoms with E-state index in [1.165, 1.54) is 12.8 Å². The molecule has 4 heteroatoms. The molecule has 3 N–H and O–H groups in total. The van der Waals surface area contributed by atoms with Crippen LogP contribution in [0, 0.1) is 17.3 Å². The van der Waals surface area contributed by atoms with Crippen molar-refractivity contribution in [3.05, 3.63) is 24.3 Å². The number of nitrogens with one attached hydrogen (secondary N) is 2. The Labute approximate surface area is 158 Å². The number of anilines is 2. The van der Waals surface area contributed by atoms with Crippen molar-refractivity contribution in [1.82, 2.24) is 0 Å². The molecule has 1 aromatic rings. The summed E-state index contributed by atoms with van der Waals surface area (Å²) in [6, 6.07) is 8.32. The van der Waals surface area contributed by atoms with Crippen molar-refractivity contribution in [2.75, 3.05) is 23.7 Å². The fourth-order valence-electron chi connectivity index (χ4n) is 4.12. The summed E-state index contributed by atoms with van der Waals surface area (Å²) in [6.45, 7) is 8.75. The first-order chi connectivity index (χ1) is 12.3. The summed E-state index contributed by atoms with van der Waals surface area (Å²) in [5.74, 6) is 0.276. The van der Waals surface area contributed by atoms with Crippen molar-refractivity contribution in [2.45, 2.75) is 65.7 Å². The molecule has 0 spiro atoms. The van der Waals surface area contributed by atoms with E-state index in [1.54, 1.807) is 0 Å². The van der Waals surface area contributed by atoms with Crippen LogP contribution in [0.3, 0.4) is 0 Å². The molecule has 1 heterocycles. The average Bonchev–Trinajstić information content (AvgIpc) is 2.54. The number of para-hydroxylation sites is 2. The van der Waals surface area contributed by atoms with Gasteiger partial charge in [0.2, 0.25) is 0 Å². The third-order valence-electron chi connectivity index (χ3n) is 5.25. The molecule has 0 saturated carbocycles. The maximum Gasteiger partial charge on any atom is 0.303 e. The van der Waals surface area contributed by atoms with E-state index in [1.807, 2.05) is 6.07 Å². The number of benzene rings is 1. The van der Waals surface area contributed by atoms with Crippen molar-refractivity contribution in [1.29, 1.82) is 0 Å². The van der Waals surface area contributed by atoms with Gasteiger partial charge >= 0.3 is 5.97 Å². The number of rotatable bonds is 3. The zero-order chi connectivity index (χ0) is 19.0. The lowest BCUT2D eigenvalue weighted by molar-refractivity contribution is -0.138. The SMILES string of the molecule is CC(C)(C)CC1CCCC(CC(=O)O)CCNc2ccccc2NCC1. The summed E-state index contributed by atoms with van der Waals surface area (Å²) >= 11 is 0. The summed E-state index contributed by atoms with van der Waals surface area (Å²) in [6.07, 6.45) is 6.92. The van der Waals surface area contributed by atoms with Crippen molar-refractivity contribution in [3.8, 4) is 0 Å². The third-order valence-corrected chi connectivity index (χ3v) is 5.25. The van der Waals surface area contributed by atoms with E-state index in [-0.39, 0.29) is 12.3 Å². The van der Waals surface area contributed by atoms with Gasteiger partial charge < -0.3 is 15.7 Å². The molecule has 0 fully saturated rings. The van der Waals surface area contributed by atoms with Gasteiger partial charge in [-0.15, -0.1) is 0 Å². The van der Waals surface area contributed by atoms with Gasteiger partial charge in [0.25, 0.3) is 0 Å². The Balaban J connectivity index is 2.09. The van der Waals surface area contributed by atoms with Crippen molar-refractivity contribution >= 4 is 17.3 Å². The van der Waals surface area contributed by atoms with Gasteiger partial charge in [-0.05, 0) is 55.1 Å². The standard InChI is InChI=1S/C22H36N2O2/c1-22(2,3)16-18-8-6-7-17(15-21(25)26)11-13-23-19-9-4-5-10-20(19)24-14-12-18/h4-5,9-10,17-18,23-24H,6-8,11-16H2,1-3H3,(H,25,26). The molecule has 1 aliphatic rings. The van der Waals surface area contributed by atoms with E-state index in [0.29, 0.717) is 11.3 Å². The zero-order valence-corrected chi connectivity index (χ0v) is 16.7. The van der Waals surface area contributed by atoms with Crippen LogP contribution in [-0.4, -0.2) is 24.2 Å². The highest BCUT2D eigenvalue weighted by molar-refractivity contribution is 5.68. The molecule has 0 saturated heterocycles. The molecule has 26 heavy (non-hydrogen) atoms. The smallest absolute Gasteiger partial charge is 0.303 e. The number of hydrogen-bond donors (Lipinski definition) is 3. The van der Waals surface area contributed by atoms with Gasteiger partial charge in [-0.3, -0.25) is 4.79 Å². The molecule has 2 atom stereocenters. The van der Waals surface area contributed by atoms with Gasteiger partial charge in [0.05, 0.1) is 11.4 Å². The zero-order valence-electron chi connectivity index (χ0n) is 16.7. The Bertz CT molecular complexity index is 566. The van der Waals surface area contributed by atoms with Gasteiger partial charge in [-0.2, -0.15) is 0 Å². The van der Waals surface area contributed by atoms with E-state index >= 15 is 0 Å². The molecule has 2 unspecified atom stereocenters. The Morgan fingerprint density at radius 1 is 1.00 bits per heavy atom. The maximum absolute atomic E-state index is 11.2. The van der Waals surface area contributed by atoms with Crippen molar-refractivity contribution in [2.24, 2.45) is 17.3 Å². The minimum absolute atomic E-state index is 0.260. The minimum Gasteiger partial charge on any atom is -0.481 e. The summed E-state index contributed by atoms with van der Waals surface area (Å²) in [4.78, 5) is 11.2. The average molecular weight is 361 g/mol. The lowest BCUT2D eigenvalue weighted by Crippen LogP contribution is -2.17. The van der Waals surface area contributed by atoms with Crippen LogP contribution in [0.4, 0.5) is 11.4 Å². The second-order valence-corrected chi connectivity index (χ2v) is 9.00. The van der Waals surface area contributed by atoms with Crippen LogP contribution in [0.15, 0.2) is 24.3 Å². The molecule has 1 aromatic carbocycles. The van der Waals surface area contributed by atoms with E-state index in [4.69, 9.17) is 0 Å². The summed E-state index contributed by atoms with van der Waals surface area (Å²) in [5.41, 5.74) is 2.60. The predicted molar refractivity (Wildman–Crippen MR) is 110 cm³/mol. The summed E-state index contributed by atoms with van der Waals surface area (Å²) in [5, 5.41) is 16.3. The molecule has 0 radical (unpaired) electrons. The normalized spacial score (nSPS) is 22.6. The highest BCUT2D eigenvalue weighted by Gasteiger charge is 2.20. The van der Waals surface area contributed by atoms with E-state index < -0.39 is 5.97 Å². The van der Waals surface area contributed by atoms with Crippen LogP contribution in [0.5, 0.6) is 0 Å². The number of carboxylic acid groups (broad SMARTS) is 1. The van der Waals surface area contributed by atoms with E-state index in [2.05, 4.69) is 49.6 Å². The predicted octanol–water partition coefficient (Wildman–Crippen LogP) is 5.62. The van der Waals surface area contributed by atoms with Gasteiger partial charge in [-0.25, -0.2) is 0 Å². The van der Waals surface area contributed by atoms with Gasteiger partial charge in [0.1, 0.15) is 0 Å². The second-order valence-electron chi connectivity index (χ2n) is 9.00. The van der Waals surface area contributed by atoms with Crippen LogP contribution in [-0.2, 0) is 4.79 Å². The van der Waals surface area contributed by atoms with Gasteiger partial charge in [-0.1, -0.05) is 45.7 Å². The second kappa shape index (κ2) is 9.84. The highest BCUT2D eigenvalue weighted by Crippen LogP contribution is 2.31. The molecule has 146 valence electrons. The number of fused-ring (bicyclic) bond motifs is 1. The van der Waals surface area contributed by atoms with Gasteiger partial charge in [0, 0.05) is 19.5 Å². The topological polar surface area (TPSA) is 61.4 Å². The van der Waals surface area contributed by atoms with E-state index in [0.717, 1.165) is 50.1 Å². The van der Waals surface area contributed by atoms with Crippen LogP contribution in [0.2, 0.25) is 0 Å². The highest BCUT2D eigenvalue weighted by atomic mass is 16.4. The largest absolute Gasteiger partial charge is 0.481 e. The molecular formula is C22H36N2O2. The minimum atomic E-state index is -0.673. The number of carboxylic acids is 1. The fourth-order valence-corrected chi connectivity index (χ4v) is 4.12. The first kappa shape index (κ1) is 20.6. The Kier molecular flexibility index (Phi) is 7.80. The lowest BCUT2D eigenvalue weighted by atomic mass is 9.80. The fraction of sp³-hybridized carbons (Fsp3) is 0.682. The lowest BCUT2D eigenvalue weighted by Gasteiger charge is -2.27. The quantitative estimate of drug-likeness (QED) is 0.655. The number of aliphatic carboxylic acids is 1. The summed E-state index contributed by atoms with van der Waals surface area (Å²) in [7, 11) is 0. The monoisotopic (exact) mass is 360 g/mol. The van der Waals surface area contributed by atoms with Crippen molar-refractivity contribution < 1.29 is 9.90 Å². The summed E-state index contributed by atoms with van der Waals surface area (Å²) < 4.78 is 0. The molecule has 0 amide bonds. The molecule has 2 rings (SSSR count). The molecule has 1 aliphatic heterocycles. The Hall–Kier alpha value is -1.71. The van der Waals surface area contributed by atoms with Crippen LogP contribution in [0.1, 0.15) is 65.7 Å².